The van der Waals surface area contributed by atoms with Crippen molar-refractivity contribution in [3.05, 3.63) is 46.1 Å². The van der Waals surface area contributed by atoms with E-state index in [9.17, 15) is 0 Å². The molecular formula is C13H9Cl2N3. The standard InChI is InChI=1S/C13H9Cl2N3/c14-9-3-1-2-8(13(9)15)11-5-4-10(17)12(18-11)6-7-16/h1-5H,6,17H2. The van der Waals surface area contributed by atoms with E-state index in [-0.39, 0.29) is 6.42 Å². The van der Waals surface area contributed by atoms with Gasteiger partial charge in [-0.2, -0.15) is 5.26 Å². The lowest BCUT2D eigenvalue weighted by Gasteiger charge is -2.08. The zero-order valence-corrected chi connectivity index (χ0v) is 10.8. The minimum Gasteiger partial charge on any atom is -0.397 e. The second-order valence-corrected chi connectivity index (χ2v) is 4.45. The monoisotopic (exact) mass is 277 g/mol. The molecule has 0 amide bonds. The number of aromatic nitrogens is 1. The van der Waals surface area contributed by atoms with Crippen molar-refractivity contribution < 1.29 is 0 Å². The molecule has 1 heterocycles. The Morgan fingerprint density at radius 2 is 2.00 bits per heavy atom. The van der Waals surface area contributed by atoms with Crippen molar-refractivity contribution >= 4 is 28.9 Å². The largest absolute Gasteiger partial charge is 0.397 e. The average Bonchev–Trinajstić information content (AvgIpc) is 2.36. The zero-order valence-electron chi connectivity index (χ0n) is 9.32. The summed E-state index contributed by atoms with van der Waals surface area (Å²) in [5.74, 6) is 0. The Morgan fingerprint density at radius 1 is 1.22 bits per heavy atom. The van der Waals surface area contributed by atoms with Crippen LogP contribution in [-0.2, 0) is 6.42 Å². The number of nitrogens with two attached hydrogens (primary N) is 1. The molecule has 1 aromatic heterocycles. The first-order chi connectivity index (χ1) is 8.63. The highest BCUT2D eigenvalue weighted by Gasteiger charge is 2.10. The van der Waals surface area contributed by atoms with Crippen LogP contribution < -0.4 is 5.73 Å². The van der Waals surface area contributed by atoms with Gasteiger partial charge in [-0.15, -0.1) is 0 Å². The van der Waals surface area contributed by atoms with Crippen molar-refractivity contribution in [1.82, 2.24) is 4.98 Å². The van der Waals surface area contributed by atoms with Gasteiger partial charge >= 0.3 is 0 Å². The van der Waals surface area contributed by atoms with Crippen molar-refractivity contribution in [1.29, 1.82) is 5.26 Å². The van der Waals surface area contributed by atoms with Gasteiger partial charge in [-0.05, 0) is 18.2 Å². The molecule has 0 radical (unpaired) electrons. The van der Waals surface area contributed by atoms with Gasteiger partial charge in [0.1, 0.15) is 0 Å². The molecule has 2 N–H and O–H groups in total. The van der Waals surface area contributed by atoms with Gasteiger partial charge in [0.25, 0.3) is 0 Å². The molecule has 0 saturated carbocycles. The lowest BCUT2D eigenvalue weighted by molar-refractivity contribution is 1.12. The molecule has 5 heteroatoms. The summed E-state index contributed by atoms with van der Waals surface area (Å²) in [4.78, 5) is 4.34. The first-order valence-electron chi connectivity index (χ1n) is 5.20. The number of halogens is 2. The summed E-state index contributed by atoms with van der Waals surface area (Å²) < 4.78 is 0. The van der Waals surface area contributed by atoms with E-state index in [1.54, 1.807) is 24.3 Å². The van der Waals surface area contributed by atoms with Crippen LogP contribution in [0, 0.1) is 11.3 Å². The summed E-state index contributed by atoms with van der Waals surface area (Å²) in [6, 6.07) is 10.8. The predicted octanol–water partition coefficient (Wildman–Crippen LogP) is 3.70. The molecule has 0 aliphatic carbocycles. The molecule has 18 heavy (non-hydrogen) atoms. The summed E-state index contributed by atoms with van der Waals surface area (Å²) in [5.41, 5.74) is 8.17. The quantitative estimate of drug-likeness (QED) is 0.910. The first-order valence-corrected chi connectivity index (χ1v) is 5.96. The minimum atomic E-state index is 0.165. The van der Waals surface area contributed by atoms with Gasteiger partial charge in [0.05, 0.1) is 39.6 Å². The average molecular weight is 278 g/mol. The predicted molar refractivity (Wildman–Crippen MR) is 73.4 cm³/mol. The smallest absolute Gasteiger partial charge is 0.0795 e. The maximum Gasteiger partial charge on any atom is 0.0795 e. The summed E-state index contributed by atoms with van der Waals surface area (Å²) in [6.07, 6.45) is 0.165. The molecule has 0 spiro atoms. The molecule has 2 aromatic rings. The van der Waals surface area contributed by atoms with Crippen molar-refractivity contribution in [2.75, 3.05) is 5.73 Å². The van der Waals surface area contributed by atoms with Crippen molar-refractivity contribution in [3.8, 4) is 17.3 Å². The fraction of sp³-hybridized carbons (Fsp3) is 0.0769. The van der Waals surface area contributed by atoms with Crippen LogP contribution in [0.1, 0.15) is 5.69 Å². The number of anilines is 1. The Balaban J connectivity index is 2.55. The first kappa shape index (κ1) is 12.7. The number of hydrogen-bond acceptors (Lipinski definition) is 3. The van der Waals surface area contributed by atoms with Gasteiger partial charge in [-0.25, -0.2) is 4.98 Å². The molecule has 0 atom stereocenters. The molecular weight excluding hydrogens is 269 g/mol. The number of benzene rings is 1. The molecule has 2 rings (SSSR count). The number of rotatable bonds is 2. The van der Waals surface area contributed by atoms with Gasteiger partial charge < -0.3 is 5.73 Å². The van der Waals surface area contributed by atoms with E-state index in [4.69, 9.17) is 34.2 Å². The summed E-state index contributed by atoms with van der Waals surface area (Å²) >= 11 is 12.1. The number of nitrogen functional groups attached to an aromatic ring is 1. The Hall–Kier alpha value is -1.76. The van der Waals surface area contributed by atoms with Crippen LogP contribution in [0.25, 0.3) is 11.3 Å². The lowest BCUT2D eigenvalue weighted by atomic mass is 10.1. The highest BCUT2D eigenvalue weighted by Crippen LogP contribution is 2.33. The molecule has 0 aliphatic heterocycles. The highest BCUT2D eigenvalue weighted by molar-refractivity contribution is 6.43. The molecule has 0 unspecified atom stereocenters. The Labute approximate surface area is 115 Å². The molecule has 0 aliphatic rings. The van der Waals surface area contributed by atoms with Crippen LogP contribution in [0.3, 0.4) is 0 Å². The zero-order chi connectivity index (χ0) is 13.1. The van der Waals surface area contributed by atoms with Crippen LogP contribution in [0.4, 0.5) is 5.69 Å². The third-order valence-electron chi connectivity index (χ3n) is 2.48. The third-order valence-corrected chi connectivity index (χ3v) is 3.30. The fourth-order valence-electron chi connectivity index (χ4n) is 1.58. The van der Waals surface area contributed by atoms with Gasteiger partial charge in [0.15, 0.2) is 0 Å². The number of nitriles is 1. The Morgan fingerprint density at radius 3 is 2.72 bits per heavy atom. The summed E-state index contributed by atoms with van der Waals surface area (Å²) in [6.45, 7) is 0. The highest BCUT2D eigenvalue weighted by atomic mass is 35.5. The van der Waals surface area contributed by atoms with Crippen LogP contribution in [0.5, 0.6) is 0 Å². The number of hydrogen-bond donors (Lipinski definition) is 1. The molecule has 0 saturated heterocycles. The van der Waals surface area contributed by atoms with E-state index >= 15 is 0 Å². The molecule has 0 bridgehead atoms. The van der Waals surface area contributed by atoms with Gasteiger partial charge in [0, 0.05) is 5.56 Å². The topological polar surface area (TPSA) is 62.7 Å². The van der Waals surface area contributed by atoms with Gasteiger partial charge in [-0.3, -0.25) is 0 Å². The van der Waals surface area contributed by atoms with Gasteiger partial charge in [-0.1, -0.05) is 35.3 Å². The maximum atomic E-state index is 8.71. The molecule has 0 fully saturated rings. The SMILES string of the molecule is N#CCc1nc(-c2cccc(Cl)c2Cl)ccc1N. The van der Waals surface area contributed by atoms with Crippen LogP contribution >= 0.6 is 23.2 Å². The van der Waals surface area contributed by atoms with Gasteiger partial charge in [0.2, 0.25) is 0 Å². The molecule has 3 nitrogen and oxygen atoms in total. The van der Waals surface area contributed by atoms with E-state index in [2.05, 4.69) is 4.98 Å². The maximum absolute atomic E-state index is 8.71. The van der Waals surface area contributed by atoms with E-state index in [1.165, 1.54) is 0 Å². The molecule has 90 valence electrons. The van der Waals surface area contributed by atoms with E-state index < -0.39 is 0 Å². The number of pyridine rings is 1. The second-order valence-electron chi connectivity index (χ2n) is 3.67. The fourth-order valence-corrected chi connectivity index (χ4v) is 1.98. The van der Waals surface area contributed by atoms with Crippen molar-refractivity contribution in [2.24, 2.45) is 0 Å². The van der Waals surface area contributed by atoms with Crippen LogP contribution in [-0.4, -0.2) is 4.98 Å². The summed E-state index contributed by atoms with van der Waals surface area (Å²) in [5, 5.41) is 9.62. The summed E-state index contributed by atoms with van der Waals surface area (Å²) in [7, 11) is 0. The second kappa shape index (κ2) is 5.26. The normalized spacial score (nSPS) is 10.1. The van der Waals surface area contributed by atoms with Crippen LogP contribution in [0.15, 0.2) is 30.3 Å². The van der Waals surface area contributed by atoms with E-state index in [0.717, 1.165) is 5.56 Å². The Bertz CT molecular complexity index is 633. The van der Waals surface area contributed by atoms with E-state index in [0.29, 0.717) is 27.1 Å². The Kier molecular flexibility index (Phi) is 3.71. The molecule has 1 aromatic carbocycles. The lowest BCUT2D eigenvalue weighted by Crippen LogP contribution is -1.98. The number of nitrogens with zero attached hydrogens (tertiary/aromatic N) is 2. The van der Waals surface area contributed by atoms with Crippen LogP contribution in [0.2, 0.25) is 10.0 Å². The third kappa shape index (κ3) is 2.40. The van der Waals surface area contributed by atoms with E-state index in [1.807, 2.05) is 12.1 Å². The minimum absolute atomic E-state index is 0.165. The van der Waals surface area contributed by atoms with Crippen molar-refractivity contribution in [2.45, 2.75) is 6.42 Å². The van der Waals surface area contributed by atoms with Crippen molar-refractivity contribution in [3.63, 3.8) is 0 Å².